The molecule has 1 amide bonds. The molecule has 0 bridgehead atoms. The fraction of sp³-hybridized carbons (Fsp3) is 0.100. The van der Waals surface area contributed by atoms with Crippen LogP contribution in [-0.2, 0) is 11.2 Å². The zero-order valence-electron chi connectivity index (χ0n) is 13.5. The minimum atomic E-state index is -0.0895. The van der Waals surface area contributed by atoms with E-state index in [4.69, 9.17) is 0 Å². The molecule has 0 fully saturated rings. The summed E-state index contributed by atoms with van der Waals surface area (Å²) < 4.78 is 0. The van der Waals surface area contributed by atoms with E-state index in [1.807, 2.05) is 79.7 Å². The number of nitrogens with one attached hydrogen (secondary N) is 1. The van der Waals surface area contributed by atoms with E-state index in [1.54, 1.807) is 11.2 Å². The average molecular weight is 317 g/mol. The first kappa shape index (κ1) is 15.7. The second-order valence-corrected chi connectivity index (χ2v) is 5.53. The quantitative estimate of drug-likeness (QED) is 0.728. The molecule has 3 rings (SSSR count). The average Bonchev–Trinajstić information content (AvgIpc) is 2.63. The van der Waals surface area contributed by atoms with Gasteiger partial charge in [-0.15, -0.1) is 0 Å². The molecule has 4 heteroatoms. The van der Waals surface area contributed by atoms with Crippen LogP contribution in [0.25, 0.3) is 0 Å². The minimum Gasteiger partial charge on any atom is -0.273 e. The molecule has 1 N–H and O–H groups in total. The van der Waals surface area contributed by atoms with Crippen molar-refractivity contribution in [1.29, 1.82) is 0 Å². The van der Waals surface area contributed by atoms with Crippen molar-refractivity contribution in [3.8, 4) is 0 Å². The van der Waals surface area contributed by atoms with Crippen LogP contribution in [0.1, 0.15) is 11.3 Å². The summed E-state index contributed by atoms with van der Waals surface area (Å²) in [7, 11) is 0. The highest BCUT2D eigenvalue weighted by atomic mass is 16.2. The van der Waals surface area contributed by atoms with E-state index in [0.717, 1.165) is 22.6 Å². The van der Waals surface area contributed by atoms with Crippen LogP contribution in [-0.4, -0.2) is 10.9 Å². The smallest absolute Gasteiger partial charge is 0.243 e. The predicted octanol–water partition coefficient (Wildman–Crippen LogP) is 3.80. The number of hydrogen-bond acceptors (Lipinski definition) is 3. The number of carbonyl (C=O) groups excluding carboxylic acids is 1. The van der Waals surface area contributed by atoms with Crippen molar-refractivity contribution < 1.29 is 4.79 Å². The lowest BCUT2D eigenvalue weighted by molar-refractivity contribution is -0.120. The van der Waals surface area contributed by atoms with E-state index in [0.29, 0.717) is 0 Å². The molecular weight excluding hydrogens is 298 g/mol. The summed E-state index contributed by atoms with van der Waals surface area (Å²) in [5.74, 6) is -0.0895. The summed E-state index contributed by atoms with van der Waals surface area (Å²) in [6.07, 6.45) is 2.02. The molecule has 1 heterocycles. The molecule has 0 aliphatic rings. The van der Waals surface area contributed by atoms with E-state index < -0.39 is 0 Å². The molecule has 2 aromatic carbocycles. The maximum absolute atomic E-state index is 12.5. The number of hydrogen-bond donors (Lipinski definition) is 1. The molecule has 0 saturated carbocycles. The van der Waals surface area contributed by atoms with Gasteiger partial charge in [0, 0.05) is 11.9 Å². The lowest BCUT2D eigenvalue weighted by atomic mass is 10.2. The number of hydrazine groups is 1. The first-order chi connectivity index (χ1) is 11.7. The molecule has 0 atom stereocenters. The first-order valence-corrected chi connectivity index (χ1v) is 7.83. The fourth-order valence-electron chi connectivity index (χ4n) is 2.38. The third-order valence-corrected chi connectivity index (χ3v) is 3.60. The highest BCUT2D eigenvalue weighted by Crippen LogP contribution is 2.22. The molecule has 0 aliphatic carbocycles. The Balaban J connectivity index is 1.79. The summed E-state index contributed by atoms with van der Waals surface area (Å²) in [6.45, 7) is 1.93. The van der Waals surface area contributed by atoms with Gasteiger partial charge in [-0.2, -0.15) is 0 Å². The molecule has 24 heavy (non-hydrogen) atoms. The second-order valence-electron chi connectivity index (χ2n) is 5.53. The van der Waals surface area contributed by atoms with Crippen molar-refractivity contribution in [2.75, 3.05) is 5.01 Å². The van der Waals surface area contributed by atoms with Gasteiger partial charge >= 0.3 is 0 Å². The summed E-state index contributed by atoms with van der Waals surface area (Å²) in [5.41, 5.74) is 6.61. The van der Waals surface area contributed by atoms with Gasteiger partial charge in [0.15, 0.2) is 0 Å². The molecule has 120 valence electrons. The number of aromatic nitrogens is 1. The van der Waals surface area contributed by atoms with Gasteiger partial charge < -0.3 is 0 Å². The minimum absolute atomic E-state index is 0.0895. The van der Waals surface area contributed by atoms with Gasteiger partial charge in [0.05, 0.1) is 17.8 Å². The molecule has 0 unspecified atom stereocenters. The van der Waals surface area contributed by atoms with Crippen LogP contribution in [0.5, 0.6) is 0 Å². The van der Waals surface area contributed by atoms with Crippen molar-refractivity contribution in [3.63, 3.8) is 0 Å². The normalized spacial score (nSPS) is 10.2. The number of aryl methyl sites for hydroxylation is 1. The monoisotopic (exact) mass is 317 g/mol. The number of para-hydroxylation sites is 2. The largest absolute Gasteiger partial charge is 0.273 e. The SMILES string of the molecule is Cc1ccc(CC(=O)NN(c2ccccc2)c2ccccc2)cn1. The first-order valence-electron chi connectivity index (χ1n) is 7.83. The Bertz CT molecular complexity index is 747. The molecule has 4 nitrogen and oxygen atoms in total. The standard InChI is InChI=1S/C20H19N3O/c1-16-12-13-17(15-21-16)14-20(24)22-23(18-8-4-2-5-9-18)19-10-6-3-7-11-19/h2-13,15H,14H2,1H3,(H,22,24). The van der Waals surface area contributed by atoms with Crippen LogP contribution in [0.15, 0.2) is 79.0 Å². The summed E-state index contributed by atoms with van der Waals surface area (Å²) in [4.78, 5) is 16.7. The van der Waals surface area contributed by atoms with Crippen molar-refractivity contribution in [1.82, 2.24) is 10.4 Å². The zero-order valence-corrected chi connectivity index (χ0v) is 13.5. The van der Waals surface area contributed by atoms with Crippen LogP contribution < -0.4 is 10.4 Å². The van der Waals surface area contributed by atoms with Gasteiger partial charge in [-0.05, 0) is 42.8 Å². The number of benzene rings is 2. The Morgan fingerprint density at radius 3 is 2.00 bits per heavy atom. The van der Waals surface area contributed by atoms with Crippen LogP contribution in [0.3, 0.4) is 0 Å². The summed E-state index contributed by atoms with van der Waals surface area (Å²) in [5, 5.41) is 1.80. The lowest BCUT2D eigenvalue weighted by Gasteiger charge is -2.25. The van der Waals surface area contributed by atoms with E-state index in [1.165, 1.54) is 0 Å². The van der Waals surface area contributed by atoms with Crippen molar-refractivity contribution >= 4 is 17.3 Å². The van der Waals surface area contributed by atoms with Gasteiger partial charge in [0.25, 0.3) is 0 Å². The predicted molar refractivity (Wildman–Crippen MR) is 95.8 cm³/mol. The van der Waals surface area contributed by atoms with Crippen molar-refractivity contribution in [3.05, 3.63) is 90.3 Å². The number of pyridine rings is 1. The third kappa shape index (κ3) is 3.98. The van der Waals surface area contributed by atoms with Crippen LogP contribution in [0.2, 0.25) is 0 Å². The summed E-state index contributed by atoms with van der Waals surface area (Å²) >= 11 is 0. The maximum Gasteiger partial charge on any atom is 0.243 e. The van der Waals surface area contributed by atoms with Gasteiger partial charge in [-0.3, -0.25) is 20.2 Å². The molecule has 0 aliphatic heterocycles. The maximum atomic E-state index is 12.5. The number of amides is 1. The van der Waals surface area contributed by atoms with Crippen molar-refractivity contribution in [2.45, 2.75) is 13.3 Å². The molecule has 1 aromatic heterocycles. The second kappa shape index (κ2) is 7.42. The molecular formula is C20H19N3O. The Kier molecular flexibility index (Phi) is 4.87. The molecule has 0 spiro atoms. The van der Waals surface area contributed by atoms with Gasteiger partial charge in [-0.1, -0.05) is 42.5 Å². The fourth-order valence-corrected chi connectivity index (χ4v) is 2.38. The highest BCUT2D eigenvalue weighted by molar-refractivity contribution is 5.82. The van der Waals surface area contributed by atoms with E-state index in [9.17, 15) is 4.79 Å². The zero-order chi connectivity index (χ0) is 16.8. The Morgan fingerprint density at radius 2 is 1.50 bits per heavy atom. The lowest BCUT2D eigenvalue weighted by Crippen LogP contribution is -2.39. The van der Waals surface area contributed by atoms with Crippen LogP contribution in [0.4, 0.5) is 11.4 Å². The van der Waals surface area contributed by atoms with Crippen LogP contribution in [0, 0.1) is 6.92 Å². The third-order valence-electron chi connectivity index (χ3n) is 3.60. The van der Waals surface area contributed by atoms with Gasteiger partial charge in [0.1, 0.15) is 0 Å². The van der Waals surface area contributed by atoms with Gasteiger partial charge in [0.2, 0.25) is 5.91 Å². The number of anilines is 2. The number of carbonyl (C=O) groups is 1. The number of rotatable bonds is 5. The molecule has 3 aromatic rings. The molecule has 0 radical (unpaired) electrons. The Morgan fingerprint density at radius 1 is 0.917 bits per heavy atom. The van der Waals surface area contributed by atoms with E-state index in [-0.39, 0.29) is 12.3 Å². The van der Waals surface area contributed by atoms with E-state index >= 15 is 0 Å². The van der Waals surface area contributed by atoms with Crippen LogP contribution >= 0.6 is 0 Å². The Hall–Kier alpha value is -3.14. The highest BCUT2D eigenvalue weighted by Gasteiger charge is 2.13. The number of nitrogens with zero attached hydrogens (tertiary/aromatic N) is 2. The Labute approximate surface area is 141 Å². The van der Waals surface area contributed by atoms with E-state index in [2.05, 4.69) is 10.4 Å². The van der Waals surface area contributed by atoms with Crippen molar-refractivity contribution in [2.24, 2.45) is 0 Å². The van der Waals surface area contributed by atoms with Gasteiger partial charge in [-0.25, -0.2) is 0 Å². The summed E-state index contributed by atoms with van der Waals surface area (Å²) in [6, 6.07) is 23.4. The molecule has 0 saturated heterocycles. The topological polar surface area (TPSA) is 45.2 Å².